The van der Waals surface area contributed by atoms with Gasteiger partial charge in [0.05, 0.1) is 11.2 Å². The van der Waals surface area contributed by atoms with Crippen molar-refractivity contribution >= 4 is 0 Å². The summed E-state index contributed by atoms with van der Waals surface area (Å²) in [5.41, 5.74) is -0.0464. The van der Waals surface area contributed by atoms with Gasteiger partial charge in [0, 0.05) is 19.1 Å². The van der Waals surface area contributed by atoms with Gasteiger partial charge < -0.3 is 10.1 Å². The maximum Gasteiger partial charge on any atom is 0.0760 e. The molecule has 1 aliphatic heterocycles. The van der Waals surface area contributed by atoms with Crippen molar-refractivity contribution in [1.29, 1.82) is 0 Å². The quantitative estimate of drug-likeness (QED) is 0.795. The standard InChI is InChI=1S/C13H28N2O/c1-11(14-6)7-8-15-9-12(2,3)16-13(4,5)10-15/h11,14H,7-10H2,1-6H3. The number of hydrogen-bond acceptors (Lipinski definition) is 3. The van der Waals surface area contributed by atoms with Crippen molar-refractivity contribution in [3.63, 3.8) is 0 Å². The molecule has 1 fully saturated rings. The Balaban J connectivity index is 2.48. The molecule has 1 heterocycles. The molecule has 96 valence electrons. The van der Waals surface area contributed by atoms with Gasteiger partial charge in [0.2, 0.25) is 0 Å². The Morgan fingerprint density at radius 1 is 1.19 bits per heavy atom. The zero-order valence-corrected chi connectivity index (χ0v) is 11.8. The molecule has 1 rings (SSSR count). The maximum absolute atomic E-state index is 6.07. The van der Waals surface area contributed by atoms with Crippen LogP contribution in [0.4, 0.5) is 0 Å². The van der Waals surface area contributed by atoms with E-state index in [1.807, 2.05) is 7.05 Å². The fraction of sp³-hybridized carbons (Fsp3) is 1.00. The first-order valence-electron chi connectivity index (χ1n) is 6.34. The Bertz CT molecular complexity index is 210. The molecule has 0 amide bonds. The Morgan fingerprint density at radius 3 is 2.12 bits per heavy atom. The number of nitrogens with one attached hydrogen (secondary N) is 1. The highest BCUT2D eigenvalue weighted by Crippen LogP contribution is 2.27. The van der Waals surface area contributed by atoms with Crippen LogP contribution in [0.25, 0.3) is 0 Å². The van der Waals surface area contributed by atoms with E-state index in [4.69, 9.17) is 4.74 Å². The molecule has 0 spiro atoms. The number of rotatable bonds is 4. The lowest BCUT2D eigenvalue weighted by Crippen LogP contribution is -2.57. The minimum absolute atomic E-state index is 0.0232. The van der Waals surface area contributed by atoms with Crippen LogP contribution in [0.1, 0.15) is 41.0 Å². The smallest absolute Gasteiger partial charge is 0.0760 e. The monoisotopic (exact) mass is 228 g/mol. The van der Waals surface area contributed by atoms with Gasteiger partial charge in [-0.05, 0) is 54.6 Å². The molecule has 16 heavy (non-hydrogen) atoms. The van der Waals surface area contributed by atoms with E-state index in [9.17, 15) is 0 Å². The molecule has 1 atom stereocenters. The highest BCUT2D eigenvalue weighted by atomic mass is 16.5. The summed E-state index contributed by atoms with van der Waals surface area (Å²) in [5.74, 6) is 0. The van der Waals surface area contributed by atoms with Gasteiger partial charge in [0.1, 0.15) is 0 Å². The molecule has 0 aromatic rings. The first kappa shape index (κ1) is 13.9. The topological polar surface area (TPSA) is 24.5 Å². The van der Waals surface area contributed by atoms with Crippen LogP contribution in [0.5, 0.6) is 0 Å². The minimum atomic E-state index is -0.0232. The van der Waals surface area contributed by atoms with Crippen LogP contribution in [0.2, 0.25) is 0 Å². The van der Waals surface area contributed by atoms with E-state index < -0.39 is 0 Å². The van der Waals surface area contributed by atoms with E-state index in [2.05, 4.69) is 44.8 Å². The van der Waals surface area contributed by atoms with Gasteiger partial charge in [-0.1, -0.05) is 0 Å². The molecule has 0 radical (unpaired) electrons. The largest absolute Gasteiger partial charge is 0.367 e. The predicted octanol–water partition coefficient (Wildman–Crippen LogP) is 1.87. The Morgan fingerprint density at radius 2 is 1.69 bits per heavy atom. The molecular weight excluding hydrogens is 200 g/mol. The Kier molecular flexibility index (Phi) is 4.38. The van der Waals surface area contributed by atoms with E-state index in [1.165, 1.54) is 6.42 Å². The molecule has 1 unspecified atom stereocenters. The van der Waals surface area contributed by atoms with Crippen molar-refractivity contribution in [3.05, 3.63) is 0 Å². The molecule has 1 aliphatic rings. The minimum Gasteiger partial charge on any atom is -0.367 e. The van der Waals surface area contributed by atoms with E-state index in [0.717, 1.165) is 19.6 Å². The molecule has 0 aliphatic carbocycles. The normalized spacial score (nSPS) is 26.6. The van der Waals surface area contributed by atoms with Gasteiger partial charge in [-0.25, -0.2) is 0 Å². The molecule has 3 heteroatoms. The Hall–Kier alpha value is -0.120. The van der Waals surface area contributed by atoms with E-state index in [1.54, 1.807) is 0 Å². The number of nitrogens with zero attached hydrogens (tertiary/aromatic N) is 1. The second-order valence-electron chi connectivity index (χ2n) is 6.31. The van der Waals surface area contributed by atoms with Gasteiger partial charge in [-0.2, -0.15) is 0 Å². The number of morpholine rings is 1. The van der Waals surface area contributed by atoms with Crippen LogP contribution < -0.4 is 5.32 Å². The van der Waals surface area contributed by atoms with Gasteiger partial charge in [-0.3, -0.25) is 4.90 Å². The average Bonchev–Trinajstić information content (AvgIpc) is 2.09. The first-order valence-corrected chi connectivity index (χ1v) is 6.34. The van der Waals surface area contributed by atoms with Crippen molar-refractivity contribution < 1.29 is 4.74 Å². The van der Waals surface area contributed by atoms with Crippen LogP contribution in [0, 0.1) is 0 Å². The van der Waals surface area contributed by atoms with Crippen molar-refractivity contribution in [2.45, 2.75) is 58.3 Å². The van der Waals surface area contributed by atoms with Gasteiger partial charge in [0.15, 0.2) is 0 Å². The second kappa shape index (κ2) is 5.03. The molecule has 1 N–H and O–H groups in total. The third-order valence-corrected chi connectivity index (χ3v) is 3.13. The zero-order valence-electron chi connectivity index (χ0n) is 11.8. The van der Waals surface area contributed by atoms with Crippen molar-refractivity contribution in [2.75, 3.05) is 26.7 Å². The molecule has 1 saturated heterocycles. The maximum atomic E-state index is 6.07. The molecule has 0 bridgehead atoms. The second-order valence-corrected chi connectivity index (χ2v) is 6.31. The molecule has 0 aromatic carbocycles. The van der Waals surface area contributed by atoms with Crippen molar-refractivity contribution in [2.24, 2.45) is 0 Å². The van der Waals surface area contributed by atoms with E-state index in [-0.39, 0.29) is 11.2 Å². The van der Waals surface area contributed by atoms with Crippen molar-refractivity contribution in [3.8, 4) is 0 Å². The van der Waals surface area contributed by atoms with Gasteiger partial charge in [0.25, 0.3) is 0 Å². The molecule has 0 saturated carbocycles. The van der Waals surface area contributed by atoms with Crippen LogP contribution in [-0.4, -0.2) is 48.8 Å². The fourth-order valence-electron chi connectivity index (χ4n) is 2.62. The summed E-state index contributed by atoms with van der Waals surface area (Å²) in [5, 5.41) is 3.29. The summed E-state index contributed by atoms with van der Waals surface area (Å²) in [6, 6.07) is 0.592. The first-order chi connectivity index (χ1) is 7.24. The third kappa shape index (κ3) is 4.40. The summed E-state index contributed by atoms with van der Waals surface area (Å²) >= 11 is 0. The number of ether oxygens (including phenoxy) is 1. The lowest BCUT2D eigenvalue weighted by molar-refractivity contribution is -0.180. The summed E-state index contributed by atoms with van der Waals surface area (Å²) < 4.78 is 6.07. The lowest BCUT2D eigenvalue weighted by Gasteiger charge is -2.47. The van der Waals surface area contributed by atoms with Crippen LogP contribution >= 0.6 is 0 Å². The van der Waals surface area contributed by atoms with Crippen LogP contribution in [0.3, 0.4) is 0 Å². The SMILES string of the molecule is CNC(C)CCN1CC(C)(C)OC(C)(C)C1. The predicted molar refractivity (Wildman–Crippen MR) is 68.8 cm³/mol. The van der Waals surface area contributed by atoms with Crippen LogP contribution in [0.15, 0.2) is 0 Å². The number of hydrogen-bond donors (Lipinski definition) is 1. The average molecular weight is 228 g/mol. The van der Waals surface area contributed by atoms with E-state index >= 15 is 0 Å². The van der Waals surface area contributed by atoms with Gasteiger partial charge in [-0.15, -0.1) is 0 Å². The zero-order chi connectivity index (χ0) is 12.4. The molecule has 3 nitrogen and oxygen atoms in total. The van der Waals surface area contributed by atoms with Crippen LogP contribution in [-0.2, 0) is 4.74 Å². The third-order valence-electron chi connectivity index (χ3n) is 3.13. The van der Waals surface area contributed by atoms with Gasteiger partial charge >= 0.3 is 0 Å². The summed E-state index contributed by atoms with van der Waals surface area (Å²) in [6.07, 6.45) is 1.20. The summed E-state index contributed by atoms with van der Waals surface area (Å²) in [6.45, 7) is 14.2. The highest BCUT2D eigenvalue weighted by Gasteiger charge is 2.37. The summed E-state index contributed by atoms with van der Waals surface area (Å²) in [7, 11) is 2.03. The fourth-order valence-corrected chi connectivity index (χ4v) is 2.62. The van der Waals surface area contributed by atoms with E-state index in [0.29, 0.717) is 6.04 Å². The Labute approximate surface area is 101 Å². The van der Waals surface area contributed by atoms with Crippen molar-refractivity contribution in [1.82, 2.24) is 10.2 Å². The molecular formula is C13H28N2O. The summed E-state index contributed by atoms with van der Waals surface area (Å²) in [4.78, 5) is 2.53. The lowest BCUT2D eigenvalue weighted by atomic mass is 9.98. The molecule has 0 aromatic heterocycles. The highest BCUT2D eigenvalue weighted by molar-refractivity contribution is 4.89.